The molecule has 1 aromatic heterocycles. The number of hydrogen-bond donors (Lipinski definition) is 1. The van der Waals surface area contributed by atoms with Gasteiger partial charge in [0.25, 0.3) is 0 Å². The second-order valence-electron chi connectivity index (χ2n) is 5.03. The van der Waals surface area contributed by atoms with Gasteiger partial charge in [-0.1, -0.05) is 13.8 Å². The molecule has 0 aliphatic carbocycles. The zero-order chi connectivity index (χ0) is 13.1. The van der Waals surface area contributed by atoms with Crippen LogP contribution in [0.3, 0.4) is 0 Å². The van der Waals surface area contributed by atoms with Crippen LogP contribution in [0.25, 0.3) is 0 Å². The summed E-state index contributed by atoms with van der Waals surface area (Å²) in [7, 11) is 0. The molecule has 0 spiro atoms. The SMILES string of the molecule is CC(C)NCC1CCCOC1c1cc(Br)c(Br)s1. The first-order chi connectivity index (χ1) is 8.58. The van der Waals surface area contributed by atoms with E-state index in [9.17, 15) is 0 Å². The first kappa shape index (κ1) is 15.0. The van der Waals surface area contributed by atoms with Crippen LogP contribution in [0, 0.1) is 5.92 Å². The zero-order valence-corrected chi connectivity index (χ0v) is 14.7. The maximum absolute atomic E-state index is 6.01. The Morgan fingerprint density at radius 3 is 2.89 bits per heavy atom. The summed E-state index contributed by atoms with van der Waals surface area (Å²) in [4.78, 5) is 1.32. The number of ether oxygens (including phenoxy) is 1. The Balaban J connectivity index is 2.07. The Hall–Kier alpha value is 0.580. The average molecular weight is 397 g/mol. The molecule has 0 aromatic carbocycles. The summed E-state index contributed by atoms with van der Waals surface area (Å²) in [6.45, 7) is 6.31. The molecule has 1 aliphatic heterocycles. The van der Waals surface area contributed by atoms with Crippen molar-refractivity contribution >= 4 is 43.2 Å². The minimum Gasteiger partial charge on any atom is -0.372 e. The fraction of sp³-hybridized carbons (Fsp3) is 0.692. The molecule has 1 saturated heterocycles. The summed E-state index contributed by atoms with van der Waals surface area (Å²) in [6.07, 6.45) is 2.67. The van der Waals surface area contributed by atoms with Crippen molar-refractivity contribution in [1.29, 1.82) is 0 Å². The molecule has 1 fully saturated rings. The number of thiophene rings is 1. The van der Waals surface area contributed by atoms with Crippen LogP contribution in [0.15, 0.2) is 14.3 Å². The fourth-order valence-electron chi connectivity index (χ4n) is 2.26. The first-order valence-electron chi connectivity index (χ1n) is 6.37. The molecule has 18 heavy (non-hydrogen) atoms. The first-order valence-corrected chi connectivity index (χ1v) is 8.78. The minimum absolute atomic E-state index is 0.248. The van der Waals surface area contributed by atoms with Crippen LogP contribution in [0.4, 0.5) is 0 Å². The molecule has 1 aliphatic rings. The predicted octanol–water partition coefficient (Wildman–Crippen LogP) is 4.74. The van der Waals surface area contributed by atoms with Gasteiger partial charge in [-0.15, -0.1) is 11.3 Å². The van der Waals surface area contributed by atoms with Gasteiger partial charge < -0.3 is 10.1 Å². The second kappa shape index (κ2) is 6.84. The lowest BCUT2D eigenvalue weighted by Crippen LogP contribution is -2.34. The third-order valence-corrected chi connectivity index (χ3v) is 6.50. The molecule has 0 bridgehead atoms. The third-order valence-electron chi connectivity index (χ3n) is 3.18. The van der Waals surface area contributed by atoms with Crippen molar-refractivity contribution in [3.63, 3.8) is 0 Å². The molecule has 2 atom stereocenters. The number of halogens is 2. The Morgan fingerprint density at radius 2 is 2.28 bits per heavy atom. The van der Waals surface area contributed by atoms with Crippen LogP contribution in [-0.4, -0.2) is 19.2 Å². The van der Waals surface area contributed by atoms with Gasteiger partial charge in [-0.3, -0.25) is 0 Å². The van der Waals surface area contributed by atoms with E-state index in [-0.39, 0.29) is 6.10 Å². The van der Waals surface area contributed by atoms with Crippen molar-refractivity contribution in [2.45, 2.75) is 38.8 Å². The highest BCUT2D eigenvalue weighted by Gasteiger charge is 2.29. The van der Waals surface area contributed by atoms with Gasteiger partial charge in [-0.05, 0) is 50.8 Å². The van der Waals surface area contributed by atoms with E-state index in [0.29, 0.717) is 12.0 Å². The molecule has 2 unspecified atom stereocenters. The summed E-state index contributed by atoms with van der Waals surface area (Å²) in [6, 6.07) is 2.72. The van der Waals surface area contributed by atoms with Gasteiger partial charge in [0.2, 0.25) is 0 Å². The van der Waals surface area contributed by atoms with Crippen molar-refractivity contribution in [2.24, 2.45) is 5.92 Å². The van der Waals surface area contributed by atoms with Gasteiger partial charge in [0.05, 0.1) is 9.89 Å². The van der Waals surface area contributed by atoms with Crippen LogP contribution in [-0.2, 0) is 4.74 Å². The molecular formula is C13H19Br2NOS. The van der Waals surface area contributed by atoms with Gasteiger partial charge >= 0.3 is 0 Å². The highest BCUT2D eigenvalue weighted by molar-refractivity contribution is 9.13. The molecule has 1 aromatic rings. The number of rotatable bonds is 4. The second-order valence-corrected chi connectivity index (χ2v) is 8.28. The largest absolute Gasteiger partial charge is 0.372 e. The maximum atomic E-state index is 6.01. The van der Waals surface area contributed by atoms with Gasteiger partial charge in [-0.25, -0.2) is 0 Å². The Bertz CT molecular complexity index is 375. The van der Waals surface area contributed by atoms with E-state index in [2.05, 4.69) is 57.1 Å². The highest BCUT2D eigenvalue weighted by Crippen LogP contribution is 2.41. The van der Waals surface area contributed by atoms with Gasteiger partial charge in [-0.2, -0.15) is 0 Å². The normalized spacial score (nSPS) is 24.7. The minimum atomic E-state index is 0.248. The molecule has 2 rings (SSSR count). The summed E-state index contributed by atoms with van der Waals surface area (Å²) in [5.41, 5.74) is 0. The van der Waals surface area contributed by atoms with Crippen molar-refractivity contribution in [3.8, 4) is 0 Å². The molecule has 0 saturated carbocycles. The molecule has 5 heteroatoms. The van der Waals surface area contributed by atoms with Gasteiger partial charge in [0.1, 0.15) is 0 Å². The van der Waals surface area contributed by atoms with Crippen LogP contribution in [0.5, 0.6) is 0 Å². The van der Waals surface area contributed by atoms with E-state index < -0.39 is 0 Å². The van der Waals surface area contributed by atoms with E-state index in [1.165, 1.54) is 17.7 Å². The lowest BCUT2D eigenvalue weighted by Gasteiger charge is -2.32. The molecular weight excluding hydrogens is 378 g/mol. The quantitative estimate of drug-likeness (QED) is 0.793. The monoisotopic (exact) mass is 395 g/mol. The van der Waals surface area contributed by atoms with Crippen LogP contribution in [0.2, 0.25) is 0 Å². The topological polar surface area (TPSA) is 21.3 Å². The van der Waals surface area contributed by atoms with E-state index in [1.54, 1.807) is 11.3 Å². The van der Waals surface area contributed by atoms with Gasteiger partial charge in [0, 0.05) is 34.5 Å². The molecule has 1 N–H and O–H groups in total. The highest BCUT2D eigenvalue weighted by atomic mass is 79.9. The summed E-state index contributed by atoms with van der Waals surface area (Å²) in [5.74, 6) is 0.582. The van der Waals surface area contributed by atoms with Crippen LogP contribution in [0.1, 0.15) is 37.7 Å². The molecule has 102 valence electrons. The van der Waals surface area contributed by atoms with Crippen molar-refractivity contribution in [2.75, 3.05) is 13.2 Å². The third kappa shape index (κ3) is 3.79. The summed E-state index contributed by atoms with van der Waals surface area (Å²) >= 11 is 8.90. The van der Waals surface area contributed by atoms with Crippen molar-refractivity contribution < 1.29 is 4.74 Å². The lowest BCUT2D eigenvalue weighted by molar-refractivity contribution is -0.0261. The van der Waals surface area contributed by atoms with E-state index in [0.717, 1.165) is 21.4 Å². The molecule has 0 amide bonds. The number of nitrogens with one attached hydrogen (secondary N) is 1. The fourth-order valence-corrected chi connectivity index (χ4v) is 4.49. The van der Waals surface area contributed by atoms with Crippen molar-refractivity contribution in [3.05, 3.63) is 19.2 Å². The maximum Gasteiger partial charge on any atom is 0.0957 e. The Labute approximate surface area is 130 Å². The van der Waals surface area contributed by atoms with Crippen LogP contribution >= 0.6 is 43.2 Å². The summed E-state index contributed by atoms with van der Waals surface area (Å²) in [5, 5.41) is 3.54. The van der Waals surface area contributed by atoms with E-state index >= 15 is 0 Å². The van der Waals surface area contributed by atoms with E-state index in [1.807, 2.05) is 0 Å². The predicted molar refractivity (Wildman–Crippen MR) is 84.3 cm³/mol. The van der Waals surface area contributed by atoms with E-state index in [4.69, 9.17) is 4.74 Å². The Morgan fingerprint density at radius 1 is 1.50 bits per heavy atom. The molecule has 0 radical (unpaired) electrons. The standard InChI is InChI=1S/C13H19Br2NOS/c1-8(2)16-7-9-4-3-5-17-12(9)11-6-10(14)13(15)18-11/h6,8-9,12,16H,3-5,7H2,1-2H3. The average Bonchev–Trinajstić information content (AvgIpc) is 2.67. The summed E-state index contributed by atoms with van der Waals surface area (Å²) < 4.78 is 8.29. The smallest absolute Gasteiger partial charge is 0.0957 e. The van der Waals surface area contributed by atoms with Gasteiger partial charge in [0.15, 0.2) is 0 Å². The lowest BCUT2D eigenvalue weighted by atomic mass is 9.93. The van der Waals surface area contributed by atoms with Crippen molar-refractivity contribution in [1.82, 2.24) is 5.32 Å². The molecule has 2 heterocycles. The van der Waals surface area contributed by atoms with Crippen LogP contribution < -0.4 is 5.32 Å². The molecule has 2 nitrogen and oxygen atoms in total. The Kier molecular flexibility index (Phi) is 5.69. The number of hydrogen-bond acceptors (Lipinski definition) is 3. The zero-order valence-electron chi connectivity index (χ0n) is 10.7.